The van der Waals surface area contributed by atoms with Crippen molar-refractivity contribution < 1.29 is 23.9 Å². The number of hydrogen-bond acceptors (Lipinski definition) is 5. The zero-order chi connectivity index (χ0) is 22.5. The van der Waals surface area contributed by atoms with Gasteiger partial charge in [0.05, 0.1) is 17.2 Å². The van der Waals surface area contributed by atoms with E-state index in [9.17, 15) is 19.2 Å². The van der Waals surface area contributed by atoms with E-state index >= 15 is 0 Å². The van der Waals surface area contributed by atoms with Crippen molar-refractivity contribution in [2.75, 3.05) is 18.6 Å². The molecule has 162 valence electrons. The van der Waals surface area contributed by atoms with E-state index in [1.165, 1.54) is 0 Å². The van der Waals surface area contributed by atoms with E-state index in [4.69, 9.17) is 27.9 Å². The van der Waals surface area contributed by atoms with Crippen molar-refractivity contribution >= 4 is 52.5 Å². The van der Waals surface area contributed by atoms with Crippen molar-refractivity contribution in [3.8, 4) is 0 Å². The number of amides is 2. The molecule has 2 atom stereocenters. The van der Waals surface area contributed by atoms with Crippen LogP contribution in [0.4, 0.5) is 5.69 Å². The summed E-state index contributed by atoms with van der Waals surface area (Å²) in [6, 6.07) is 12.1. The number of carbonyl (C=O) groups is 4. The van der Waals surface area contributed by atoms with E-state index < -0.39 is 35.5 Å². The van der Waals surface area contributed by atoms with Gasteiger partial charge in [0.2, 0.25) is 11.7 Å². The van der Waals surface area contributed by atoms with Gasteiger partial charge < -0.3 is 10.1 Å². The molecule has 2 aromatic carbocycles. The summed E-state index contributed by atoms with van der Waals surface area (Å²) in [7, 11) is 1.14. The van der Waals surface area contributed by atoms with Gasteiger partial charge in [0, 0.05) is 12.2 Å². The molecule has 9 heteroatoms. The number of halogens is 2. The molecule has 0 bridgehead atoms. The molecule has 1 heterocycles. The summed E-state index contributed by atoms with van der Waals surface area (Å²) >= 11 is 11.9. The van der Waals surface area contributed by atoms with Gasteiger partial charge in [-0.05, 0) is 42.7 Å². The first-order valence-corrected chi connectivity index (χ1v) is 10.3. The van der Waals surface area contributed by atoms with Crippen LogP contribution in [-0.2, 0) is 30.3 Å². The predicted molar refractivity (Wildman–Crippen MR) is 116 cm³/mol. The Labute approximate surface area is 189 Å². The number of methoxy groups -OCH3 is 1. The molecule has 0 aromatic heterocycles. The van der Waals surface area contributed by atoms with Crippen LogP contribution in [0.5, 0.6) is 0 Å². The molecule has 1 N–H and O–H groups in total. The first-order chi connectivity index (χ1) is 14.8. The van der Waals surface area contributed by atoms with Gasteiger partial charge in [-0.1, -0.05) is 47.5 Å². The highest BCUT2D eigenvalue weighted by Crippen LogP contribution is 2.30. The Morgan fingerprint density at radius 1 is 1.06 bits per heavy atom. The maximum atomic E-state index is 12.8. The fourth-order valence-electron chi connectivity index (χ4n) is 3.47. The smallest absolute Gasteiger partial charge is 0.330 e. The second kappa shape index (κ2) is 9.94. The molecule has 0 spiro atoms. The number of carbonyl (C=O) groups excluding carboxylic acids is 4. The van der Waals surface area contributed by atoms with Crippen molar-refractivity contribution in [1.82, 2.24) is 5.32 Å². The van der Waals surface area contributed by atoms with Gasteiger partial charge in [-0.25, -0.2) is 4.79 Å². The molecule has 2 amide bonds. The third kappa shape index (κ3) is 4.89. The third-order valence-electron chi connectivity index (χ3n) is 4.99. The average molecular weight is 463 g/mol. The number of nitrogens with one attached hydrogen (secondary N) is 1. The second-order valence-corrected chi connectivity index (χ2v) is 7.78. The van der Waals surface area contributed by atoms with Crippen molar-refractivity contribution in [1.29, 1.82) is 0 Å². The van der Waals surface area contributed by atoms with Crippen LogP contribution in [0.25, 0.3) is 0 Å². The number of Topliss-reactive ketones (excluding diaryl/α,β-unsaturated/α-hetero) is 1. The minimum atomic E-state index is -1.48. The highest BCUT2D eigenvalue weighted by Gasteiger charge is 2.55. The molecule has 2 unspecified atom stereocenters. The van der Waals surface area contributed by atoms with E-state index in [0.29, 0.717) is 28.6 Å². The Morgan fingerprint density at radius 2 is 1.77 bits per heavy atom. The Hall–Kier alpha value is -2.90. The number of benzene rings is 2. The molecule has 31 heavy (non-hydrogen) atoms. The van der Waals surface area contributed by atoms with Crippen molar-refractivity contribution in [3.63, 3.8) is 0 Å². The topological polar surface area (TPSA) is 92.8 Å². The number of nitrogens with zero attached hydrogens (tertiary/aromatic N) is 1. The number of esters is 1. The molecule has 1 aliphatic rings. The molecule has 0 radical (unpaired) electrons. The highest BCUT2D eigenvalue weighted by atomic mass is 35.5. The van der Waals surface area contributed by atoms with Crippen LogP contribution in [0.2, 0.25) is 10.0 Å². The largest absolute Gasteiger partial charge is 0.467 e. The summed E-state index contributed by atoms with van der Waals surface area (Å²) in [6.45, 7) is 0.246. The summed E-state index contributed by atoms with van der Waals surface area (Å²) in [6.07, 6.45) is 1.18. The fraction of sp³-hybridized carbons (Fsp3) is 0.273. The Bertz CT molecular complexity index is 1010. The van der Waals surface area contributed by atoms with Crippen LogP contribution < -0.4 is 10.2 Å². The van der Waals surface area contributed by atoms with Crippen LogP contribution in [0.15, 0.2) is 48.5 Å². The summed E-state index contributed by atoms with van der Waals surface area (Å²) in [5.74, 6) is -4.87. The van der Waals surface area contributed by atoms with E-state index in [-0.39, 0.29) is 6.54 Å². The Balaban J connectivity index is 1.69. The maximum absolute atomic E-state index is 12.8. The van der Waals surface area contributed by atoms with Crippen molar-refractivity contribution in [3.05, 3.63) is 64.1 Å². The predicted octanol–water partition coefficient (Wildman–Crippen LogP) is 2.82. The van der Waals surface area contributed by atoms with Gasteiger partial charge in [0.1, 0.15) is 5.92 Å². The van der Waals surface area contributed by atoms with Gasteiger partial charge in [-0.15, -0.1) is 0 Å². The molecule has 0 saturated carbocycles. The highest BCUT2D eigenvalue weighted by molar-refractivity contribution is 6.49. The normalized spacial score (nSPS) is 18.2. The van der Waals surface area contributed by atoms with Crippen LogP contribution in [0, 0.1) is 5.92 Å². The SMILES string of the molecule is COC(=O)C1C(C(=O)NCCCc2ccc(Cl)c(Cl)c2)C(=O)C(=O)N1c1ccccc1. The Kier molecular flexibility index (Phi) is 7.30. The average Bonchev–Trinajstić information content (AvgIpc) is 3.04. The monoisotopic (exact) mass is 462 g/mol. The first kappa shape index (κ1) is 22.8. The van der Waals surface area contributed by atoms with E-state index in [1.54, 1.807) is 42.5 Å². The number of rotatable bonds is 7. The lowest BCUT2D eigenvalue weighted by molar-refractivity contribution is -0.147. The molecule has 1 saturated heterocycles. The maximum Gasteiger partial charge on any atom is 0.330 e. The lowest BCUT2D eigenvalue weighted by atomic mass is 9.97. The lowest BCUT2D eigenvalue weighted by Gasteiger charge is -2.24. The molecular formula is C22H20Cl2N2O5. The van der Waals surface area contributed by atoms with E-state index in [0.717, 1.165) is 17.6 Å². The van der Waals surface area contributed by atoms with Crippen LogP contribution in [0.3, 0.4) is 0 Å². The molecule has 1 aliphatic heterocycles. The van der Waals surface area contributed by atoms with Gasteiger partial charge in [0.25, 0.3) is 5.91 Å². The van der Waals surface area contributed by atoms with Crippen LogP contribution in [-0.4, -0.2) is 43.3 Å². The zero-order valence-corrected chi connectivity index (χ0v) is 18.2. The molecule has 1 fully saturated rings. The van der Waals surface area contributed by atoms with Gasteiger partial charge in [-0.2, -0.15) is 0 Å². The van der Waals surface area contributed by atoms with Crippen LogP contribution in [0.1, 0.15) is 12.0 Å². The van der Waals surface area contributed by atoms with Gasteiger partial charge in [-0.3, -0.25) is 19.3 Å². The third-order valence-corrected chi connectivity index (χ3v) is 5.73. The number of para-hydroxylation sites is 1. The standard InChI is InChI=1S/C22H20Cl2N2O5/c1-31-22(30)18-17(19(27)21(29)26(18)14-7-3-2-4-8-14)20(28)25-11-5-6-13-9-10-15(23)16(24)12-13/h2-4,7-10,12,17-18H,5-6,11H2,1H3,(H,25,28). The molecular weight excluding hydrogens is 443 g/mol. The number of ether oxygens (including phenoxy) is 1. The van der Waals surface area contributed by atoms with E-state index in [2.05, 4.69) is 5.32 Å². The minimum absolute atomic E-state index is 0.246. The number of hydrogen-bond donors (Lipinski definition) is 1. The van der Waals surface area contributed by atoms with Gasteiger partial charge >= 0.3 is 5.97 Å². The number of anilines is 1. The number of ketones is 1. The van der Waals surface area contributed by atoms with Crippen LogP contribution >= 0.6 is 23.2 Å². The van der Waals surface area contributed by atoms with Gasteiger partial charge in [0.15, 0.2) is 6.04 Å². The lowest BCUT2D eigenvalue weighted by Crippen LogP contribution is -2.47. The van der Waals surface area contributed by atoms with Crippen molar-refractivity contribution in [2.24, 2.45) is 5.92 Å². The first-order valence-electron chi connectivity index (χ1n) is 9.57. The van der Waals surface area contributed by atoms with Crippen molar-refractivity contribution in [2.45, 2.75) is 18.9 Å². The van der Waals surface area contributed by atoms with E-state index in [1.807, 2.05) is 6.07 Å². The molecule has 3 rings (SSSR count). The summed E-state index contributed by atoms with van der Waals surface area (Å²) in [5.41, 5.74) is 1.28. The minimum Gasteiger partial charge on any atom is -0.467 e. The molecule has 2 aromatic rings. The molecule has 7 nitrogen and oxygen atoms in total. The Morgan fingerprint density at radius 3 is 2.42 bits per heavy atom. The summed E-state index contributed by atoms with van der Waals surface area (Å²) < 4.78 is 4.78. The molecule has 0 aliphatic carbocycles. The second-order valence-electron chi connectivity index (χ2n) is 6.96. The summed E-state index contributed by atoms with van der Waals surface area (Å²) in [5, 5.41) is 3.55. The fourth-order valence-corrected chi connectivity index (χ4v) is 3.79. The number of aryl methyl sites for hydroxylation is 1. The summed E-state index contributed by atoms with van der Waals surface area (Å²) in [4.78, 5) is 51.4. The quantitative estimate of drug-likeness (QED) is 0.295. The zero-order valence-electron chi connectivity index (χ0n) is 16.6.